The molecule has 1 saturated heterocycles. The van der Waals surface area contributed by atoms with Crippen molar-refractivity contribution in [3.8, 4) is 0 Å². The molecule has 1 aliphatic heterocycles. The molecule has 0 spiro atoms. The first kappa shape index (κ1) is 17.1. The molecule has 6 heteroatoms. The van der Waals surface area contributed by atoms with Gasteiger partial charge in [0.2, 0.25) is 5.91 Å². The summed E-state index contributed by atoms with van der Waals surface area (Å²) in [7, 11) is 0. The Morgan fingerprint density at radius 3 is 3.00 bits per heavy atom. The Morgan fingerprint density at radius 2 is 2.25 bits per heavy atom. The Balaban J connectivity index is 1.56. The lowest BCUT2D eigenvalue weighted by Gasteiger charge is -2.30. The fraction of sp³-hybridized carbons (Fsp3) is 0.444. The number of hydrogen-bond acceptors (Lipinski definition) is 5. The first-order chi connectivity index (χ1) is 11.6. The van der Waals surface area contributed by atoms with E-state index in [0.717, 1.165) is 36.8 Å². The lowest BCUT2D eigenvalue weighted by molar-refractivity contribution is -0.117. The molecule has 2 unspecified atom stereocenters. The zero-order valence-electron chi connectivity index (χ0n) is 13.9. The van der Waals surface area contributed by atoms with E-state index in [2.05, 4.69) is 22.1 Å². The molecule has 3 rings (SSSR count). The Kier molecular flexibility index (Phi) is 5.60. The number of carbonyl (C=O) groups is 1. The topological polar surface area (TPSA) is 71.2 Å². The molecule has 1 amide bonds. The minimum Gasteiger partial charge on any atom is -0.316 e. The number of thiazole rings is 1. The highest BCUT2D eigenvalue weighted by Crippen LogP contribution is 2.21. The Bertz CT molecular complexity index is 673. The molecule has 5 nitrogen and oxygen atoms in total. The molecule has 0 bridgehead atoms. The molecule has 0 saturated carbocycles. The number of nitrogens with one attached hydrogen (secondary N) is 1. The van der Waals surface area contributed by atoms with Gasteiger partial charge in [-0.2, -0.15) is 0 Å². The number of nitrogens with zero attached hydrogens (tertiary/aromatic N) is 2. The fourth-order valence-corrected chi connectivity index (χ4v) is 3.80. The number of piperidine rings is 1. The van der Waals surface area contributed by atoms with Crippen LogP contribution in [-0.2, 0) is 11.3 Å². The molecule has 2 atom stereocenters. The third kappa shape index (κ3) is 4.41. The van der Waals surface area contributed by atoms with Crippen molar-refractivity contribution in [2.24, 2.45) is 11.7 Å². The zero-order valence-corrected chi connectivity index (χ0v) is 14.8. The highest BCUT2D eigenvalue weighted by atomic mass is 32.1. The van der Waals surface area contributed by atoms with Crippen LogP contribution in [0.25, 0.3) is 0 Å². The van der Waals surface area contributed by atoms with Crippen molar-refractivity contribution in [1.82, 2.24) is 9.88 Å². The number of benzene rings is 1. The summed E-state index contributed by atoms with van der Waals surface area (Å²) in [6.07, 6.45) is 2.56. The molecule has 1 aromatic carbocycles. The standard InChI is InChI=1S/C18H24N4OS/c1-13-6-5-9-22(10-13)11-15-12-24-18(20-15)21-17(23)16(19)14-7-3-2-4-8-14/h2-4,7-8,12-13,16H,5-6,9-11,19H2,1H3,(H,20,21,23). The summed E-state index contributed by atoms with van der Waals surface area (Å²) in [5.41, 5.74) is 7.83. The number of amides is 1. The molecule has 0 radical (unpaired) electrons. The van der Waals surface area contributed by atoms with Gasteiger partial charge in [-0.05, 0) is 30.9 Å². The molecule has 128 valence electrons. The van der Waals surface area contributed by atoms with Gasteiger partial charge < -0.3 is 11.1 Å². The first-order valence-corrected chi connectivity index (χ1v) is 9.28. The summed E-state index contributed by atoms with van der Waals surface area (Å²) in [5.74, 6) is 0.522. The molecule has 1 fully saturated rings. The van der Waals surface area contributed by atoms with Crippen LogP contribution >= 0.6 is 11.3 Å². The van der Waals surface area contributed by atoms with E-state index in [1.54, 1.807) is 0 Å². The summed E-state index contributed by atoms with van der Waals surface area (Å²) in [6.45, 7) is 5.39. The van der Waals surface area contributed by atoms with Crippen LogP contribution < -0.4 is 11.1 Å². The highest BCUT2D eigenvalue weighted by molar-refractivity contribution is 7.13. The minimum absolute atomic E-state index is 0.228. The van der Waals surface area contributed by atoms with Gasteiger partial charge in [-0.1, -0.05) is 37.3 Å². The number of carbonyl (C=O) groups excluding carboxylic acids is 1. The molecule has 1 aromatic heterocycles. The monoisotopic (exact) mass is 344 g/mol. The summed E-state index contributed by atoms with van der Waals surface area (Å²) in [5, 5.41) is 5.47. The highest BCUT2D eigenvalue weighted by Gasteiger charge is 2.19. The number of anilines is 1. The maximum Gasteiger partial charge on any atom is 0.247 e. The van der Waals surface area contributed by atoms with Gasteiger partial charge in [0.05, 0.1) is 5.69 Å². The van der Waals surface area contributed by atoms with Gasteiger partial charge in [-0.3, -0.25) is 9.69 Å². The second kappa shape index (κ2) is 7.88. The molecular formula is C18H24N4OS. The average Bonchev–Trinajstić information content (AvgIpc) is 3.02. The normalized spacial score (nSPS) is 19.8. The van der Waals surface area contributed by atoms with E-state index in [-0.39, 0.29) is 5.91 Å². The molecule has 24 heavy (non-hydrogen) atoms. The molecule has 0 aliphatic carbocycles. The Morgan fingerprint density at radius 1 is 1.46 bits per heavy atom. The lowest BCUT2D eigenvalue weighted by atomic mass is 10.0. The number of hydrogen-bond donors (Lipinski definition) is 2. The van der Waals surface area contributed by atoms with Gasteiger partial charge in [0.25, 0.3) is 0 Å². The third-order valence-electron chi connectivity index (χ3n) is 4.35. The van der Waals surface area contributed by atoms with Gasteiger partial charge in [0.1, 0.15) is 6.04 Å². The SMILES string of the molecule is CC1CCCN(Cc2csc(NC(=O)C(N)c3ccccc3)n2)C1. The summed E-state index contributed by atoms with van der Waals surface area (Å²) < 4.78 is 0. The van der Waals surface area contributed by atoms with Crippen molar-refractivity contribution in [2.45, 2.75) is 32.4 Å². The van der Waals surface area contributed by atoms with E-state index >= 15 is 0 Å². The number of nitrogens with two attached hydrogens (primary N) is 1. The average molecular weight is 344 g/mol. The first-order valence-electron chi connectivity index (χ1n) is 8.40. The van der Waals surface area contributed by atoms with Gasteiger partial charge >= 0.3 is 0 Å². The molecule has 2 heterocycles. The van der Waals surface area contributed by atoms with Crippen LogP contribution in [-0.4, -0.2) is 28.9 Å². The largest absolute Gasteiger partial charge is 0.316 e. The molecular weight excluding hydrogens is 320 g/mol. The van der Waals surface area contributed by atoms with Gasteiger partial charge in [-0.25, -0.2) is 4.98 Å². The van der Waals surface area contributed by atoms with E-state index in [9.17, 15) is 4.79 Å². The van der Waals surface area contributed by atoms with Crippen LogP contribution in [0.2, 0.25) is 0 Å². The second-order valence-corrected chi connectivity index (χ2v) is 7.36. The molecule has 3 N–H and O–H groups in total. The summed E-state index contributed by atoms with van der Waals surface area (Å²) >= 11 is 1.45. The number of rotatable bonds is 5. The van der Waals surface area contributed by atoms with E-state index in [0.29, 0.717) is 5.13 Å². The fourth-order valence-electron chi connectivity index (χ4n) is 3.09. The maximum absolute atomic E-state index is 12.3. The van der Waals surface area contributed by atoms with Crippen LogP contribution in [0.4, 0.5) is 5.13 Å². The minimum atomic E-state index is -0.679. The number of likely N-dealkylation sites (tertiary alicyclic amines) is 1. The molecule has 1 aliphatic rings. The maximum atomic E-state index is 12.3. The zero-order chi connectivity index (χ0) is 16.9. The predicted molar refractivity (Wildman–Crippen MR) is 97.8 cm³/mol. The van der Waals surface area contributed by atoms with E-state index in [4.69, 9.17) is 5.73 Å². The quantitative estimate of drug-likeness (QED) is 0.875. The van der Waals surface area contributed by atoms with Crippen molar-refractivity contribution in [3.05, 3.63) is 47.0 Å². The van der Waals surface area contributed by atoms with Crippen LogP contribution in [0.15, 0.2) is 35.7 Å². The van der Waals surface area contributed by atoms with Crippen molar-refractivity contribution < 1.29 is 4.79 Å². The lowest BCUT2D eigenvalue weighted by Crippen LogP contribution is -2.33. The summed E-state index contributed by atoms with van der Waals surface area (Å²) in [6, 6.07) is 8.70. The van der Waals surface area contributed by atoms with Gasteiger partial charge in [0, 0.05) is 18.5 Å². The van der Waals surface area contributed by atoms with Gasteiger partial charge in [-0.15, -0.1) is 11.3 Å². The summed E-state index contributed by atoms with van der Waals surface area (Å²) in [4.78, 5) is 19.2. The smallest absolute Gasteiger partial charge is 0.247 e. The van der Waals surface area contributed by atoms with Crippen LogP contribution in [0.1, 0.15) is 37.1 Å². The van der Waals surface area contributed by atoms with Crippen LogP contribution in [0, 0.1) is 5.92 Å². The predicted octanol–water partition coefficient (Wildman–Crippen LogP) is 3.01. The molecule has 2 aromatic rings. The van der Waals surface area contributed by atoms with E-state index in [1.807, 2.05) is 35.7 Å². The van der Waals surface area contributed by atoms with Crippen LogP contribution in [0.3, 0.4) is 0 Å². The Labute approximate surface area is 146 Å². The van der Waals surface area contributed by atoms with E-state index in [1.165, 1.54) is 24.2 Å². The van der Waals surface area contributed by atoms with Crippen molar-refractivity contribution in [2.75, 3.05) is 18.4 Å². The van der Waals surface area contributed by atoms with Gasteiger partial charge in [0.15, 0.2) is 5.13 Å². The third-order valence-corrected chi connectivity index (χ3v) is 5.16. The number of aromatic nitrogens is 1. The Hall–Kier alpha value is -1.76. The van der Waals surface area contributed by atoms with E-state index < -0.39 is 6.04 Å². The second-order valence-electron chi connectivity index (χ2n) is 6.50. The van der Waals surface area contributed by atoms with Crippen molar-refractivity contribution >= 4 is 22.4 Å². The van der Waals surface area contributed by atoms with Crippen molar-refractivity contribution in [3.63, 3.8) is 0 Å². The van der Waals surface area contributed by atoms with Crippen LogP contribution in [0.5, 0.6) is 0 Å². The van der Waals surface area contributed by atoms with Crippen molar-refractivity contribution in [1.29, 1.82) is 0 Å².